The molecule has 0 unspecified atom stereocenters. The van der Waals surface area contributed by atoms with Gasteiger partial charge in [-0.15, -0.1) is 0 Å². The monoisotopic (exact) mass is 890 g/mol. The molecule has 0 bridgehead atoms. The summed E-state index contributed by atoms with van der Waals surface area (Å²) in [4.78, 5) is 76.7. The van der Waals surface area contributed by atoms with Crippen LogP contribution in [0.4, 0.5) is 18.0 Å². The van der Waals surface area contributed by atoms with Gasteiger partial charge < -0.3 is 33.5 Å². The normalized spacial score (nSPS) is 21.2. The summed E-state index contributed by atoms with van der Waals surface area (Å²) in [5.41, 5.74) is 0.140. The summed E-state index contributed by atoms with van der Waals surface area (Å²) in [6.45, 7) is 6.26. The van der Waals surface area contributed by atoms with E-state index in [0.717, 1.165) is 23.8 Å². The van der Waals surface area contributed by atoms with Crippen molar-refractivity contribution in [1.82, 2.24) is 29.2 Å². The van der Waals surface area contributed by atoms with E-state index in [9.17, 15) is 23.6 Å². The maximum Gasteiger partial charge on any atom is 0.410 e. The van der Waals surface area contributed by atoms with Crippen molar-refractivity contribution in [3.8, 4) is 11.3 Å². The van der Waals surface area contributed by atoms with Gasteiger partial charge in [0.05, 0.1) is 31.4 Å². The lowest BCUT2D eigenvalue weighted by molar-refractivity contribution is -0.159. The number of aromatic nitrogens is 2. The summed E-state index contributed by atoms with van der Waals surface area (Å²) in [5.74, 6) is -3.49. The molecule has 14 nitrogen and oxygen atoms in total. The average Bonchev–Trinajstić information content (AvgIpc) is 3.96. The number of benzene rings is 2. The Morgan fingerprint density at radius 1 is 0.922 bits per heavy atom. The molecule has 0 radical (unpaired) electrons. The molecule has 4 atom stereocenters. The molecule has 0 aliphatic carbocycles. The van der Waals surface area contributed by atoms with Gasteiger partial charge in [0.2, 0.25) is 5.91 Å². The summed E-state index contributed by atoms with van der Waals surface area (Å²) in [5, 5.41) is 0. The molecule has 0 saturated carbocycles. The topological polar surface area (TPSA) is 144 Å². The lowest BCUT2D eigenvalue weighted by Gasteiger charge is -2.42. The molecular formula is C47H57F3N6O8. The van der Waals surface area contributed by atoms with E-state index < -0.39 is 53.5 Å². The van der Waals surface area contributed by atoms with Crippen LogP contribution < -0.4 is 0 Å². The minimum Gasteiger partial charge on any atom is -0.444 e. The van der Waals surface area contributed by atoms with Gasteiger partial charge in [0.15, 0.2) is 6.10 Å². The van der Waals surface area contributed by atoms with Crippen LogP contribution in [-0.4, -0.2) is 136 Å². The number of amides is 5. The number of hydrogen-bond donors (Lipinski definition) is 0. The van der Waals surface area contributed by atoms with Crippen molar-refractivity contribution in [1.29, 1.82) is 0 Å². The Morgan fingerprint density at radius 2 is 1.66 bits per heavy atom. The molecule has 0 spiro atoms. The molecule has 1 aromatic heterocycles. The van der Waals surface area contributed by atoms with Crippen LogP contribution in [0.5, 0.6) is 0 Å². The second kappa shape index (κ2) is 20.5. The number of carbonyl (C=O) groups is 5. The van der Waals surface area contributed by atoms with Gasteiger partial charge in [-0.05, 0) is 76.1 Å². The molecule has 5 heterocycles. The van der Waals surface area contributed by atoms with Crippen LogP contribution >= 0.6 is 0 Å². The van der Waals surface area contributed by atoms with Crippen LogP contribution in [-0.2, 0) is 39.9 Å². The SMILES string of the molecule is CC(C)(C)OC(=O)N1C[C@@H](CN(C(=O)[C@@H]2CN(C(=O)CCCCCN3C(=O)C=CC3=O)CCO2)[C@@H](c2nc(-c3cc(F)ccc3F)cn2Cc2ccccc2)C2CCOCC2)[C@@H](F)C1. The molecule has 3 fully saturated rings. The first kappa shape index (κ1) is 46.4. The fraction of sp³-hybridized carbons (Fsp3) is 0.532. The molecular weight excluding hydrogens is 834 g/mol. The van der Waals surface area contributed by atoms with Gasteiger partial charge in [0.25, 0.3) is 17.7 Å². The fourth-order valence-corrected chi connectivity index (χ4v) is 8.85. The Balaban J connectivity index is 1.20. The number of ether oxygens (including phenoxy) is 3. The number of halogens is 3. The van der Waals surface area contributed by atoms with Crippen LogP contribution in [0.3, 0.4) is 0 Å². The molecule has 3 saturated heterocycles. The van der Waals surface area contributed by atoms with Gasteiger partial charge in [0.1, 0.15) is 29.2 Å². The van der Waals surface area contributed by atoms with Gasteiger partial charge >= 0.3 is 6.09 Å². The predicted molar refractivity (Wildman–Crippen MR) is 228 cm³/mol. The number of rotatable bonds is 15. The number of imidazole rings is 1. The van der Waals surface area contributed by atoms with E-state index in [4.69, 9.17) is 19.2 Å². The average molecular weight is 891 g/mol. The van der Waals surface area contributed by atoms with Gasteiger partial charge in [-0.1, -0.05) is 36.8 Å². The first-order chi connectivity index (χ1) is 30.6. The number of imide groups is 1. The number of likely N-dealkylation sites (tertiary alicyclic amines) is 1. The lowest BCUT2D eigenvalue weighted by atomic mass is 9.88. The molecule has 3 aromatic rings. The van der Waals surface area contributed by atoms with E-state index in [1.807, 2.05) is 34.9 Å². The van der Waals surface area contributed by atoms with E-state index in [1.165, 1.54) is 22.0 Å². The summed E-state index contributed by atoms with van der Waals surface area (Å²) < 4.78 is 65.8. The second-order valence-electron chi connectivity index (χ2n) is 17.9. The molecule has 4 aliphatic rings. The maximum absolute atomic E-state index is 16.3. The third-order valence-electron chi connectivity index (χ3n) is 12.1. The molecule has 0 N–H and O–H groups in total. The predicted octanol–water partition coefficient (Wildman–Crippen LogP) is 6.09. The van der Waals surface area contributed by atoms with Crippen molar-refractivity contribution in [2.75, 3.05) is 59.1 Å². The zero-order valence-electron chi connectivity index (χ0n) is 36.6. The molecule has 5 amide bonds. The van der Waals surface area contributed by atoms with Crippen LogP contribution in [0.1, 0.15) is 76.7 Å². The number of hydrogen-bond acceptors (Lipinski definition) is 9. The smallest absolute Gasteiger partial charge is 0.410 e. The van der Waals surface area contributed by atoms with Crippen molar-refractivity contribution >= 4 is 29.7 Å². The van der Waals surface area contributed by atoms with E-state index in [-0.39, 0.29) is 93.7 Å². The summed E-state index contributed by atoms with van der Waals surface area (Å²) in [6, 6.07) is 11.8. The van der Waals surface area contributed by atoms with E-state index >= 15 is 13.6 Å². The molecule has 17 heteroatoms. The zero-order chi connectivity index (χ0) is 45.5. The molecule has 344 valence electrons. The number of unbranched alkanes of at least 4 members (excludes halogenated alkanes) is 2. The van der Waals surface area contributed by atoms with Gasteiger partial charge in [-0.3, -0.25) is 24.1 Å². The Labute approximate surface area is 371 Å². The van der Waals surface area contributed by atoms with Crippen molar-refractivity contribution < 1.29 is 51.4 Å². The second-order valence-corrected chi connectivity index (χ2v) is 17.9. The highest BCUT2D eigenvalue weighted by Crippen LogP contribution is 2.39. The molecule has 2 aromatic carbocycles. The standard InChI is InChI=1S/C47H57F3N6O8/c1-47(2,3)64-46(61)54-26-33(37(50)28-54)27-56(45(60)39-30-52(20-23-63-39)40(57)12-8-5-9-19-55-41(58)15-16-42(55)59)43(32-17-21-62-22-18-32)44-51-38(35-24-34(48)13-14-36(35)49)29-53(44)25-31-10-6-4-7-11-31/h4,6-7,10-11,13-16,24,29,32-33,37,39,43H,5,8-9,12,17-23,25-28,30H2,1-3H3/t33-,37-,39-,43+/m0/s1. The first-order valence-electron chi connectivity index (χ1n) is 22.1. The Kier molecular flexibility index (Phi) is 14.9. The number of morpholine rings is 1. The third kappa shape index (κ3) is 11.4. The number of nitrogens with zero attached hydrogens (tertiary/aromatic N) is 6. The fourth-order valence-electron chi connectivity index (χ4n) is 8.85. The first-order valence-corrected chi connectivity index (χ1v) is 22.1. The van der Waals surface area contributed by atoms with Crippen LogP contribution in [0.25, 0.3) is 11.3 Å². The zero-order valence-corrected chi connectivity index (χ0v) is 36.6. The largest absolute Gasteiger partial charge is 0.444 e. The summed E-state index contributed by atoms with van der Waals surface area (Å²) >= 11 is 0. The Morgan fingerprint density at radius 3 is 2.38 bits per heavy atom. The summed E-state index contributed by atoms with van der Waals surface area (Å²) in [7, 11) is 0. The van der Waals surface area contributed by atoms with E-state index in [2.05, 4.69) is 0 Å². The van der Waals surface area contributed by atoms with Crippen LogP contribution in [0.15, 0.2) is 66.9 Å². The van der Waals surface area contributed by atoms with E-state index in [0.29, 0.717) is 51.1 Å². The lowest BCUT2D eigenvalue weighted by Crippen LogP contribution is -2.55. The third-order valence-corrected chi connectivity index (χ3v) is 12.1. The minimum absolute atomic E-state index is 0.0364. The van der Waals surface area contributed by atoms with Gasteiger partial charge in [-0.2, -0.15) is 0 Å². The van der Waals surface area contributed by atoms with Gasteiger partial charge in [-0.25, -0.2) is 22.9 Å². The van der Waals surface area contributed by atoms with Crippen LogP contribution in [0.2, 0.25) is 0 Å². The molecule has 7 rings (SSSR count). The van der Waals surface area contributed by atoms with Crippen molar-refractivity contribution in [3.05, 3.63) is 89.9 Å². The van der Waals surface area contributed by atoms with Crippen molar-refractivity contribution in [3.63, 3.8) is 0 Å². The summed E-state index contributed by atoms with van der Waals surface area (Å²) in [6.07, 6.45) is 3.59. The van der Waals surface area contributed by atoms with Crippen molar-refractivity contribution in [2.45, 2.75) is 89.8 Å². The highest BCUT2D eigenvalue weighted by atomic mass is 19.1. The highest BCUT2D eigenvalue weighted by Gasteiger charge is 2.45. The quantitative estimate of drug-likeness (QED) is 0.131. The van der Waals surface area contributed by atoms with Crippen molar-refractivity contribution in [2.24, 2.45) is 11.8 Å². The maximum atomic E-state index is 16.3. The molecule has 64 heavy (non-hydrogen) atoms. The Hall–Kier alpha value is -5.55. The minimum atomic E-state index is -1.53. The number of carbonyl (C=O) groups excluding carboxylic acids is 5. The van der Waals surface area contributed by atoms with Gasteiger partial charge in [0, 0.05) is 82.2 Å². The number of alkyl halides is 1. The highest BCUT2D eigenvalue weighted by molar-refractivity contribution is 6.12. The molecule has 4 aliphatic heterocycles. The van der Waals surface area contributed by atoms with Crippen LogP contribution in [0, 0.1) is 23.5 Å². The Bertz CT molecular complexity index is 2170. The van der Waals surface area contributed by atoms with E-state index in [1.54, 1.807) is 36.8 Å².